The Morgan fingerprint density at radius 1 is 1.09 bits per heavy atom. The Kier molecular flexibility index (Phi) is 7.02. The van der Waals surface area contributed by atoms with Crippen molar-refractivity contribution in [3.63, 3.8) is 0 Å². The van der Waals surface area contributed by atoms with Gasteiger partial charge in [0.25, 0.3) is 5.91 Å². The molecule has 0 radical (unpaired) electrons. The molecular weight excluding hydrogens is 421 g/mol. The van der Waals surface area contributed by atoms with Crippen LogP contribution in [0.4, 0.5) is 13.2 Å². The third-order valence-electron chi connectivity index (χ3n) is 4.61. The lowest BCUT2D eigenvalue weighted by atomic mass is 10.1. The molecule has 0 fully saturated rings. The molecule has 32 heavy (non-hydrogen) atoms. The highest BCUT2D eigenvalue weighted by molar-refractivity contribution is 6.17. The van der Waals surface area contributed by atoms with Crippen molar-refractivity contribution in [3.8, 4) is 0 Å². The van der Waals surface area contributed by atoms with Crippen LogP contribution in [0.5, 0.6) is 0 Å². The highest BCUT2D eigenvalue weighted by Crippen LogP contribution is 2.24. The second kappa shape index (κ2) is 9.72. The third kappa shape index (κ3) is 5.01. The van der Waals surface area contributed by atoms with Gasteiger partial charge in [-0.2, -0.15) is 0 Å². The molecule has 0 unspecified atom stereocenters. The second-order valence-electron chi connectivity index (χ2n) is 7.51. The summed E-state index contributed by atoms with van der Waals surface area (Å²) >= 11 is 0. The number of benzene rings is 2. The minimum atomic E-state index is -1.32. The predicted octanol–water partition coefficient (Wildman–Crippen LogP) is 5.43. The lowest BCUT2D eigenvalue weighted by molar-refractivity contribution is -0.140. The summed E-state index contributed by atoms with van der Waals surface area (Å²) in [7, 11) is 0. The van der Waals surface area contributed by atoms with E-state index < -0.39 is 41.0 Å². The van der Waals surface area contributed by atoms with Crippen LogP contribution in [0.2, 0.25) is 0 Å². The van der Waals surface area contributed by atoms with Crippen LogP contribution in [0.1, 0.15) is 43.2 Å². The first-order chi connectivity index (χ1) is 15.2. The molecule has 0 saturated heterocycles. The number of H-pyrrole nitrogens is 1. The van der Waals surface area contributed by atoms with Gasteiger partial charge in [-0.1, -0.05) is 25.1 Å². The molecule has 1 heterocycles. The zero-order valence-electron chi connectivity index (χ0n) is 17.9. The first kappa shape index (κ1) is 23.1. The summed E-state index contributed by atoms with van der Waals surface area (Å²) in [4.78, 5) is 30.0. The topological polar surface area (TPSA) is 62.4 Å². The van der Waals surface area contributed by atoms with Gasteiger partial charge < -0.3 is 14.6 Å². The molecule has 168 valence electrons. The van der Waals surface area contributed by atoms with Crippen molar-refractivity contribution in [1.29, 1.82) is 0 Å². The summed E-state index contributed by atoms with van der Waals surface area (Å²) in [6, 6.07) is 9.93. The van der Waals surface area contributed by atoms with Gasteiger partial charge in [-0.3, -0.25) is 4.79 Å². The maximum atomic E-state index is 14.2. The molecule has 1 amide bonds. The first-order valence-corrected chi connectivity index (χ1v) is 10.2. The second-order valence-corrected chi connectivity index (χ2v) is 7.51. The van der Waals surface area contributed by atoms with Crippen LogP contribution in [0.25, 0.3) is 16.5 Å². The summed E-state index contributed by atoms with van der Waals surface area (Å²) in [5.74, 6) is -5.51. The molecule has 8 heteroatoms. The number of nitrogens with zero attached hydrogens (tertiary/aromatic N) is 1. The Balaban J connectivity index is 2.11. The minimum absolute atomic E-state index is 0.0135. The molecule has 0 atom stereocenters. The highest BCUT2D eigenvalue weighted by atomic mass is 19.1. The minimum Gasteiger partial charge on any atom is -0.459 e. The summed E-state index contributed by atoms with van der Waals surface area (Å²) in [5.41, 5.74) is 0.254. The van der Waals surface area contributed by atoms with Crippen molar-refractivity contribution in [2.75, 3.05) is 6.54 Å². The largest absolute Gasteiger partial charge is 0.459 e. The molecule has 0 aliphatic carbocycles. The van der Waals surface area contributed by atoms with Gasteiger partial charge >= 0.3 is 5.97 Å². The van der Waals surface area contributed by atoms with Gasteiger partial charge in [0.2, 0.25) is 0 Å². The molecule has 3 rings (SSSR count). The van der Waals surface area contributed by atoms with E-state index in [2.05, 4.69) is 4.98 Å². The molecule has 5 nitrogen and oxygen atoms in total. The van der Waals surface area contributed by atoms with Crippen molar-refractivity contribution in [2.24, 2.45) is 0 Å². The molecule has 1 aromatic heterocycles. The number of nitrogens with one attached hydrogen (secondary N) is 1. The fourth-order valence-corrected chi connectivity index (χ4v) is 3.24. The summed E-state index contributed by atoms with van der Waals surface area (Å²) in [6.45, 7) is 5.19. The number of ether oxygens (including phenoxy) is 1. The summed E-state index contributed by atoms with van der Waals surface area (Å²) < 4.78 is 47.1. The van der Waals surface area contributed by atoms with Crippen molar-refractivity contribution >= 4 is 28.4 Å². The Morgan fingerprint density at radius 2 is 1.75 bits per heavy atom. The average molecular weight is 444 g/mol. The van der Waals surface area contributed by atoms with Gasteiger partial charge in [0.05, 0.1) is 17.4 Å². The van der Waals surface area contributed by atoms with Gasteiger partial charge in [-0.15, -0.1) is 0 Å². The number of carbonyl (C=O) groups is 2. The van der Waals surface area contributed by atoms with Gasteiger partial charge in [0.15, 0.2) is 0 Å². The molecule has 0 spiro atoms. The van der Waals surface area contributed by atoms with Crippen LogP contribution in [-0.4, -0.2) is 34.4 Å². The molecule has 3 aromatic rings. The number of hydrogen-bond donors (Lipinski definition) is 1. The lowest BCUT2D eigenvalue weighted by Crippen LogP contribution is -2.30. The number of fused-ring (bicyclic) bond motifs is 1. The molecule has 0 aliphatic rings. The fraction of sp³-hybridized carbons (Fsp3) is 0.250. The number of aromatic amines is 1. The number of aromatic nitrogens is 1. The molecule has 1 N–H and O–H groups in total. The standard InChI is InChI=1S/C24H23F3N2O3/c1-4-9-29(23(30)22-18(26)11-16(25)12-19(22)27)13-17(24(31)32-14(2)3)21-10-15-7-5-6-8-20(15)28-21/h5-8,10-14,28H,4,9H2,1-3H3/b17-13+. The van der Waals surface area contributed by atoms with Crippen LogP contribution >= 0.6 is 0 Å². The van der Waals surface area contributed by atoms with Crippen molar-refractivity contribution < 1.29 is 27.5 Å². The average Bonchev–Trinajstić information content (AvgIpc) is 3.13. The van der Waals surface area contributed by atoms with Crippen LogP contribution in [0, 0.1) is 17.5 Å². The highest BCUT2D eigenvalue weighted by Gasteiger charge is 2.26. The van der Waals surface area contributed by atoms with Gasteiger partial charge in [0, 0.05) is 35.8 Å². The van der Waals surface area contributed by atoms with Crippen LogP contribution in [0.15, 0.2) is 48.7 Å². The molecular formula is C24H23F3N2O3. The zero-order valence-corrected chi connectivity index (χ0v) is 17.9. The third-order valence-corrected chi connectivity index (χ3v) is 4.61. The Morgan fingerprint density at radius 3 is 2.34 bits per heavy atom. The first-order valence-electron chi connectivity index (χ1n) is 10.2. The van der Waals surface area contributed by atoms with E-state index in [-0.39, 0.29) is 12.1 Å². The SMILES string of the molecule is CCCN(/C=C(/C(=O)OC(C)C)c1cc2ccccc2[nH]1)C(=O)c1c(F)cc(F)cc1F. The number of halogens is 3. The molecule has 2 aromatic carbocycles. The molecule has 0 bridgehead atoms. The maximum absolute atomic E-state index is 14.2. The van der Waals surface area contributed by atoms with Crippen molar-refractivity contribution in [2.45, 2.75) is 33.3 Å². The zero-order chi connectivity index (χ0) is 23.4. The monoisotopic (exact) mass is 444 g/mol. The fourth-order valence-electron chi connectivity index (χ4n) is 3.24. The number of amides is 1. The number of para-hydroxylation sites is 1. The van der Waals surface area contributed by atoms with E-state index in [0.29, 0.717) is 24.2 Å². The molecule has 0 saturated carbocycles. The van der Waals surface area contributed by atoms with Crippen LogP contribution in [-0.2, 0) is 9.53 Å². The lowest BCUT2D eigenvalue weighted by Gasteiger charge is -2.20. The number of hydrogen-bond acceptors (Lipinski definition) is 3. The van der Waals surface area contributed by atoms with Gasteiger partial charge in [-0.05, 0) is 32.4 Å². The van der Waals surface area contributed by atoms with Gasteiger partial charge in [0.1, 0.15) is 23.0 Å². The molecule has 0 aliphatic heterocycles. The Labute approximate surface area is 183 Å². The van der Waals surface area contributed by atoms with E-state index in [1.54, 1.807) is 26.8 Å². The van der Waals surface area contributed by atoms with Crippen molar-refractivity contribution in [1.82, 2.24) is 9.88 Å². The quantitative estimate of drug-likeness (QED) is 0.390. The van der Waals surface area contributed by atoms with E-state index in [0.717, 1.165) is 15.8 Å². The van der Waals surface area contributed by atoms with E-state index in [1.165, 1.54) is 6.20 Å². The van der Waals surface area contributed by atoms with E-state index in [9.17, 15) is 22.8 Å². The summed E-state index contributed by atoms with van der Waals surface area (Å²) in [6.07, 6.45) is 1.22. The van der Waals surface area contributed by atoms with Crippen molar-refractivity contribution in [3.05, 3.63) is 77.4 Å². The Bertz CT molecular complexity index is 1130. The number of esters is 1. The van der Waals surface area contributed by atoms with Crippen LogP contribution in [0.3, 0.4) is 0 Å². The van der Waals surface area contributed by atoms with E-state index in [1.807, 2.05) is 24.3 Å². The number of carbonyl (C=O) groups excluding carboxylic acids is 2. The summed E-state index contributed by atoms with van der Waals surface area (Å²) in [5, 5.41) is 0.828. The normalized spacial score (nSPS) is 11.8. The predicted molar refractivity (Wildman–Crippen MR) is 115 cm³/mol. The van der Waals surface area contributed by atoms with Crippen LogP contribution < -0.4 is 0 Å². The Hall–Kier alpha value is -3.55. The van der Waals surface area contributed by atoms with E-state index >= 15 is 0 Å². The van der Waals surface area contributed by atoms with E-state index in [4.69, 9.17) is 4.74 Å². The smallest absolute Gasteiger partial charge is 0.342 e. The van der Waals surface area contributed by atoms with Gasteiger partial charge in [-0.25, -0.2) is 18.0 Å². The number of rotatable bonds is 7. The maximum Gasteiger partial charge on any atom is 0.342 e.